The number of aryl methyl sites for hydroxylation is 2. The molecular weight excluding hydrogens is 538 g/mol. The minimum absolute atomic E-state index is 0.265. The van der Waals surface area contributed by atoms with Crippen LogP contribution in [-0.4, -0.2) is 10.9 Å². The van der Waals surface area contributed by atoms with E-state index in [1.807, 2.05) is 68.4 Å². The highest BCUT2D eigenvalue weighted by atomic mass is 32.1. The molecule has 2 aromatic heterocycles. The maximum absolute atomic E-state index is 14.0. The zero-order valence-corrected chi connectivity index (χ0v) is 25.3. The van der Waals surface area contributed by atoms with E-state index in [4.69, 9.17) is 14.4 Å². The molecule has 1 N–H and O–H groups in total. The molecule has 210 valence electrons. The van der Waals surface area contributed by atoms with Crippen LogP contribution in [0.15, 0.2) is 94.3 Å². The highest BCUT2D eigenvalue weighted by Crippen LogP contribution is 2.33. The standard InChI is InChI=1S/C36H33N3O2S/c1-6-32-33(26-16-14-24(15-17-26)21(2)3)38-36(42-32)39-34(40)29-20-28-27-12-8-7-11-25(27)18-19-31(28)41-35(29)37-30-13-9-10-22(4)23(30)5/h7-21H,6H2,1-5H3,(H,38,39,40). The summed E-state index contributed by atoms with van der Waals surface area (Å²) in [6, 6.07) is 28.4. The minimum atomic E-state index is -0.309. The van der Waals surface area contributed by atoms with Crippen LogP contribution in [0, 0.1) is 13.8 Å². The van der Waals surface area contributed by atoms with Gasteiger partial charge in [-0.25, -0.2) is 9.98 Å². The Labute approximate surface area is 249 Å². The fraction of sp³-hybridized carbons (Fsp3) is 0.194. The molecule has 6 rings (SSSR count). The number of benzene rings is 4. The average Bonchev–Trinajstić information content (AvgIpc) is 3.41. The number of hydrogen-bond donors (Lipinski definition) is 1. The summed E-state index contributed by atoms with van der Waals surface area (Å²) < 4.78 is 6.36. The number of carbonyl (C=O) groups excluding carboxylic acids is 1. The summed E-state index contributed by atoms with van der Waals surface area (Å²) in [7, 11) is 0. The molecule has 0 saturated carbocycles. The van der Waals surface area contributed by atoms with Crippen molar-refractivity contribution in [2.24, 2.45) is 4.99 Å². The number of amides is 1. The van der Waals surface area contributed by atoms with Crippen LogP contribution in [0.5, 0.6) is 0 Å². The van der Waals surface area contributed by atoms with Gasteiger partial charge in [0.2, 0.25) is 5.55 Å². The Morgan fingerprint density at radius 3 is 2.50 bits per heavy atom. The van der Waals surface area contributed by atoms with Crippen LogP contribution in [0.3, 0.4) is 0 Å². The highest BCUT2D eigenvalue weighted by molar-refractivity contribution is 7.16. The smallest absolute Gasteiger partial charge is 0.262 e. The van der Waals surface area contributed by atoms with E-state index < -0.39 is 0 Å². The van der Waals surface area contributed by atoms with Crippen molar-refractivity contribution in [3.63, 3.8) is 0 Å². The number of nitrogens with one attached hydrogen (secondary N) is 1. The van der Waals surface area contributed by atoms with Crippen LogP contribution in [0.1, 0.15) is 58.6 Å². The van der Waals surface area contributed by atoms with Gasteiger partial charge in [0.05, 0.1) is 11.4 Å². The Balaban J connectivity index is 1.46. The fourth-order valence-electron chi connectivity index (χ4n) is 5.15. The van der Waals surface area contributed by atoms with Crippen molar-refractivity contribution in [1.29, 1.82) is 0 Å². The van der Waals surface area contributed by atoms with Crippen LogP contribution in [-0.2, 0) is 6.42 Å². The van der Waals surface area contributed by atoms with Gasteiger partial charge < -0.3 is 4.42 Å². The van der Waals surface area contributed by atoms with E-state index in [1.165, 1.54) is 16.9 Å². The first kappa shape index (κ1) is 27.6. The number of rotatable bonds is 6. The fourth-order valence-corrected chi connectivity index (χ4v) is 6.07. The average molecular weight is 572 g/mol. The molecule has 6 aromatic rings. The van der Waals surface area contributed by atoms with E-state index in [9.17, 15) is 4.79 Å². The molecule has 0 aliphatic rings. The van der Waals surface area contributed by atoms with Gasteiger partial charge in [0, 0.05) is 15.8 Å². The van der Waals surface area contributed by atoms with Gasteiger partial charge in [0.25, 0.3) is 5.91 Å². The molecule has 0 spiro atoms. The second-order valence-corrected chi connectivity index (χ2v) is 12.0. The van der Waals surface area contributed by atoms with Crippen LogP contribution in [0.4, 0.5) is 10.8 Å². The third-order valence-corrected chi connectivity index (χ3v) is 8.90. The molecule has 0 saturated heterocycles. The SMILES string of the molecule is CCc1sc(NC(=O)c2cc3c(ccc4ccccc43)oc2=Nc2cccc(C)c2C)nc1-c1ccc(C(C)C)cc1. The molecule has 5 nitrogen and oxygen atoms in total. The number of carbonyl (C=O) groups is 1. The van der Waals surface area contributed by atoms with Gasteiger partial charge in [0.15, 0.2) is 5.13 Å². The van der Waals surface area contributed by atoms with Crippen LogP contribution < -0.4 is 10.9 Å². The molecule has 42 heavy (non-hydrogen) atoms. The molecule has 0 radical (unpaired) electrons. The predicted octanol–water partition coefficient (Wildman–Crippen LogP) is 9.50. The lowest BCUT2D eigenvalue weighted by Gasteiger charge is -2.08. The van der Waals surface area contributed by atoms with Gasteiger partial charge in [-0.1, -0.05) is 87.5 Å². The minimum Gasteiger partial charge on any atom is -0.438 e. The highest BCUT2D eigenvalue weighted by Gasteiger charge is 2.19. The largest absolute Gasteiger partial charge is 0.438 e. The molecule has 4 aromatic carbocycles. The third-order valence-electron chi connectivity index (χ3n) is 7.79. The number of nitrogens with zero attached hydrogens (tertiary/aromatic N) is 2. The lowest BCUT2D eigenvalue weighted by molar-refractivity contribution is 0.102. The lowest BCUT2D eigenvalue weighted by Crippen LogP contribution is -2.21. The molecular formula is C36H33N3O2S. The van der Waals surface area contributed by atoms with Crippen molar-refractivity contribution >= 4 is 49.8 Å². The number of hydrogen-bond acceptors (Lipinski definition) is 5. The zero-order chi connectivity index (χ0) is 29.4. The Morgan fingerprint density at radius 1 is 0.952 bits per heavy atom. The van der Waals surface area contributed by atoms with Gasteiger partial charge in [0.1, 0.15) is 11.1 Å². The molecule has 0 aliphatic heterocycles. The van der Waals surface area contributed by atoms with E-state index in [2.05, 4.69) is 56.4 Å². The summed E-state index contributed by atoms with van der Waals surface area (Å²) in [6.45, 7) is 10.6. The van der Waals surface area contributed by atoms with Gasteiger partial charge in [-0.3, -0.25) is 10.1 Å². The summed E-state index contributed by atoms with van der Waals surface area (Å²) in [6.07, 6.45) is 0.819. The van der Waals surface area contributed by atoms with E-state index in [1.54, 1.807) is 0 Å². The molecule has 1 amide bonds. The summed E-state index contributed by atoms with van der Waals surface area (Å²) in [5.41, 5.74) is 7.46. The third kappa shape index (κ3) is 5.26. The van der Waals surface area contributed by atoms with Crippen LogP contribution >= 0.6 is 11.3 Å². The summed E-state index contributed by atoms with van der Waals surface area (Å²) >= 11 is 1.50. The molecule has 0 bridgehead atoms. The first-order valence-corrected chi connectivity index (χ1v) is 15.1. The second-order valence-electron chi connectivity index (χ2n) is 10.9. The van der Waals surface area contributed by atoms with Crippen molar-refractivity contribution in [3.05, 3.63) is 118 Å². The summed E-state index contributed by atoms with van der Waals surface area (Å²) in [4.78, 5) is 24.8. The quantitative estimate of drug-likeness (QED) is 0.202. The predicted molar refractivity (Wildman–Crippen MR) is 174 cm³/mol. The van der Waals surface area contributed by atoms with Gasteiger partial charge in [-0.05, 0) is 71.8 Å². The van der Waals surface area contributed by atoms with Crippen molar-refractivity contribution in [2.45, 2.75) is 47.0 Å². The van der Waals surface area contributed by atoms with Crippen molar-refractivity contribution in [3.8, 4) is 11.3 Å². The van der Waals surface area contributed by atoms with E-state index in [-0.39, 0.29) is 11.5 Å². The lowest BCUT2D eigenvalue weighted by atomic mass is 10.0. The van der Waals surface area contributed by atoms with Crippen molar-refractivity contribution < 1.29 is 9.21 Å². The Morgan fingerprint density at radius 2 is 1.74 bits per heavy atom. The Bertz CT molecular complexity index is 2020. The topological polar surface area (TPSA) is 67.5 Å². The molecule has 0 aliphatic carbocycles. The molecule has 0 unspecified atom stereocenters. The number of aromatic nitrogens is 1. The first-order valence-electron chi connectivity index (χ1n) is 14.3. The number of fused-ring (bicyclic) bond motifs is 3. The number of anilines is 1. The maximum Gasteiger partial charge on any atom is 0.262 e. The summed E-state index contributed by atoms with van der Waals surface area (Å²) in [5, 5.41) is 6.57. The van der Waals surface area contributed by atoms with Gasteiger partial charge in [-0.15, -0.1) is 11.3 Å². The summed E-state index contributed by atoms with van der Waals surface area (Å²) in [5.74, 6) is 0.151. The van der Waals surface area contributed by atoms with Crippen molar-refractivity contribution in [1.82, 2.24) is 4.98 Å². The Hall–Kier alpha value is -4.55. The van der Waals surface area contributed by atoms with E-state index in [0.717, 1.165) is 55.5 Å². The van der Waals surface area contributed by atoms with E-state index in [0.29, 0.717) is 22.2 Å². The van der Waals surface area contributed by atoms with Gasteiger partial charge >= 0.3 is 0 Å². The van der Waals surface area contributed by atoms with E-state index >= 15 is 0 Å². The van der Waals surface area contributed by atoms with Crippen molar-refractivity contribution in [2.75, 3.05) is 5.32 Å². The Kier molecular flexibility index (Phi) is 7.48. The number of thiazole rings is 1. The maximum atomic E-state index is 14.0. The molecule has 2 heterocycles. The van der Waals surface area contributed by atoms with Gasteiger partial charge in [-0.2, -0.15) is 0 Å². The monoisotopic (exact) mass is 571 g/mol. The molecule has 0 atom stereocenters. The first-order chi connectivity index (χ1) is 20.3. The normalized spacial score (nSPS) is 12.0. The second kappa shape index (κ2) is 11.4. The van der Waals surface area contributed by atoms with Crippen LogP contribution in [0.2, 0.25) is 0 Å². The molecule has 0 fully saturated rings. The van der Waals surface area contributed by atoms with Crippen LogP contribution in [0.25, 0.3) is 33.0 Å². The zero-order valence-electron chi connectivity index (χ0n) is 24.5. The molecule has 6 heteroatoms.